The van der Waals surface area contributed by atoms with E-state index in [0.29, 0.717) is 29.2 Å². The number of rotatable bonds is 1. The fourth-order valence-electron chi connectivity index (χ4n) is 2.82. The van der Waals surface area contributed by atoms with Crippen molar-refractivity contribution >= 4 is 5.97 Å². The second-order valence-electron chi connectivity index (χ2n) is 5.70. The minimum absolute atomic E-state index is 0.150. The maximum atomic E-state index is 12.2. The molecule has 3 rings (SSSR count). The molecular weight excluding hydrogens is 262 g/mol. The highest BCUT2D eigenvalue weighted by Gasteiger charge is 2.49. The molecule has 20 heavy (non-hydrogen) atoms. The van der Waals surface area contributed by atoms with Crippen LogP contribution in [0, 0.1) is 0 Å². The van der Waals surface area contributed by atoms with Crippen molar-refractivity contribution in [3.63, 3.8) is 0 Å². The first kappa shape index (κ1) is 13.1. The quantitative estimate of drug-likeness (QED) is 0.781. The van der Waals surface area contributed by atoms with Crippen LogP contribution in [-0.2, 0) is 15.1 Å². The minimum atomic E-state index is -1.26. The van der Waals surface area contributed by atoms with Crippen molar-refractivity contribution in [3.05, 3.63) is 17.7 Å². The standard InChI is InChI=1S/C14H17NO5/c1-13(2)6-14(15,12(16)17-3)8-4-10-11(19-7-18-10)5-9(8)20-13/h4-5H,6-7,15H2,1-3H3. The Labute approximate surface area is 116 Å². The highest BCUT2D eigenvalue weighted by Crippen LogP contribution is 2.48. The Balaban J connectivity index is 2.18. The summed E-state index contributed by atoms with van der Waals surface area (Å²) in [6.45, 7) is 3.91. The monoisotopic (exact) mass is 279 g/mol. The number of ether oxygens (including phenoxy) is 4. The van der Waals surface area contributed by atoms with Gasteiger partial charge in [0.1, 0.15) is 16.9 Å². The fraction of sp³-hybridized carbons (Fsp3) is 0.500. The summed E-state index contributed by atoms with van der Waals surface area (Å²) >= 11 is 0. The first-order chi connectivity index (χ1) is 9.36. The van der Waals surface area contributed by atoms with Crippen molar-refractivity contribution in [3.8, 4) is 17.2 Å². The molecule has 1 aromatic carbocycles. The summed E-state index contributed by atoms with van der Waals surface area (Å²) in [6, 6.07) is 3.41. The van der Waals surface area contributed by atoms with E-state index in [1.165, 1.54) is 7.11 Å². The average Bonchev–Trinajstić information content (AvgIpc) is 2.81. The molecule has 0 amide bonds. The second kappa shape index (κ2) is 4.02. The van der Waals surface area contributed by atoms with Crippen molar-refractivity contribution in [2.75, 3.05) is 13.9 Å². The van der Waals surface area contributed by atoms with Gasteiger partial charge in [0.15, 0.2) is 11.5 Å². The van der Waals surface area contributed by atoms with E-state index < -0.39 is 17.1 Å². The van der Waals surface area contributed by atoms with Gasteiger partial charge >= 0.3 is 5.97 Å². The Kier molecular flexibility index (Phi) is 2.62. The topological polar surface area (TPSA) is 80.0 Å². The van der Waals surface area contributed by atoms with Crippen LogP contribution in [0.4, 0.5) is 0 Å². The summed E-state index contributed by atoms with van der Waals surface area (Å²) in [5.41, 5.74) is 5.07. The number of benzene rings is 1. The zero-order chi connectivity index (χ0) is 14.5. The van der Waals surface area contributed by atoms with E-state index in [1.807, 2.05) is 13.8 Å². The summed E-state index contributed by atoms with van der Waals surface area (Å²) < 4.78 is 21.4. The third-order valence-electron chi connectivity index (χ3n) is 3.60. The Morgan fingerprint density at radius 2 is 1.90 bits per heavy atom. The van der Waals surface area contributed by atoms with Crippen molar-refractivity contribution in [1.82, 2.24) is 0 Å². The molecule has 0 aromatic heterocycles. The molecule has 1 atom stereocenters. The lowest BCUT2D eigenvalue weighted by Gasteiger charge is -2.42. The van der Waals surface area contributed by atoms with Crippen LogP contribution in [0.3, 0.4) is 0 Å². The van der Waals surface area contributed by atoms with Crippen LogP contribution in [0.1, 0.15) is 25.8 Å². The van der Waals surface area contributed by atoms with Gasteiger partial charge in [0, 0.05) is 18.1 Å². The first-order valence-corrected chi connectivity index (χ1v) is 6.36. The average molecular weight is 279 g/mol. The van der Waals surface area contributed by atoms with E-state index in [-0.39, 0.29) is 6.79 Å². The Hall–Kier alpha value is -1.95. The third-order valence-corrected chi connectivity index (χ3v) is 3.60. The van der Waals surface area contributed by atoms with Gasteiger partial charge in [0.25, 0.3) is 0 Å². The summed E-state index contributed by atoms with van der Waals surface area (Å²) in [6.07, 6.45) is 0.319. The van der Waals surface area contributed by atoms with Crippen LogP contribution in [0.25, 0.3) is 0 Å². The zero-order valence-corrected chi connectivity index (χ0v) is 11.7. The van der Waals surface area contributed by atoms with Gasteiger partial charge in [-0.2, -0.15) is 0 Å². The van der Waals surface area contributed by atoms with Gasteiger partial charge in [0.05, 0.1) is 7.11 Å². The predicted octanol–water partition coefficient (Wildman–Crippen LogP) is 1.30. The molecule has 1 unspecified atom stereocenters. The number of carbonyl (C=O) groups is 1. The van der Waals surface area contributed by atoms with Gasteiger partial charge in [-0.25, -0.2) is 4.79 Å². The largest absolute Gasteiger partial charge is 0.487 e. The predicted molar refractivity (Wildman–Crippen MR) is 69.8 cm³/mol. The van der Waals surface area contributed by atoms with Crippen molar-refractivity contribution < 1.29 is 23.7 Å². The number of hydrogen-bond donors (Lipinski definition) is 1. The molecule has 2 aliphatic rings. The zero-order valence-electron chi connectivity index (χ0n) is 11.7. The number of methoxy groups -OCH3 is 1. The molecular formula is C14H17NO5. The Morgan fingerprint density at radius 3 is 2.55 bits per heavy atom. The lowest BCUT2D eigenvalue weighted by molar-refractivity contribution is -0.151. The molecule has 2 heterocycles. The maximum absolute atomic E-state index is 12.2. The summed E-state index contributed by atoms with van der Waals surface area (Å²) in [5.74, 6) is 1.19. The van der Waals surface area contributed by atoms with Crippen LogP contribution < -0.4 is 19.9 Å². The van der Waals surface area contributed by atoms with Crippen molar-refractivity contribution in [2.45, 2.75) is 31.4 Å². The number of carbonyl (C=O) groups excluding carboxylic acids is 1. The summed E-state index contributed by atoms with van der Waals surface area (Å²) in [4.78, 5) is 12.2. The van der Waals surface area contributed by atoms with Crippen LogP contribution >= 0.6 is 0 Å². The van der Waals surface area contributed by atoms with Crippen molar-refractivity contribution in [1.29, 1.82) is 0 Å². The normalized spacial score (nSPS) is 25.6. The molecule has 0 spiro atoms. The van der Waals surface area contributed by atoms with E-state index in [2.05, 4.69) is 0 Å². The van der Waals surface area contributed by atoms with Gasteiger partial charge in [-0.1, -0.05) is 0 Å². The van der Waals surface area contributed by atoms with Crippen LogP contribution in [0.2, 0.25) is 0 Å². The molecule has 0 bridgehead atoms. The minimum Gasteiger partial charge on any atom is -0.487 e. The maximum Gasteiger partial charge on any atom is 0.330 e. The van der Waals surface area contributed by atoms with Gasteiger partial charge in [-0.3, -0.25) is 0 Å². The molecule has 2 aliphatic heterocycles. The Bertz CT molecular complexity index is 583. The number of esters is 1. The lowest BCUT2D eigenvalue weighted by atomic mass is 9.78. The molecule has 6 nitrogen and oxygen atoms in total. The number of hydrogen-bond acceptors (Lipinski definition) is 6. The van der Waals surface area contributed by atoms with Crippen LogP contribution in [-0.4, -0.2) is 25.5 Å². The molecule has 6 heteroatoms. The van der Waals surface area contributed by atoms with Crippen LogP contribution in [0.15, 0.2) is 12.1 Å². The van der Waals surface area contributed by atoms with E-state index in [1.54, 1.807) is 12.1 Å². The summed E-state index contributed by atoms with van der Waals surface area (Å²) in [5, 5.41) is 0. The van der Waals surface area contributed by atoms with E-state index in [0.717, 1.165) is 0 Å². The van der Waals surface area contributed by atoms with E-state index in [9.17, 15) is 4.79 Å². The van der Waals surface area contributed by atoms with Gasteiger partial charge in [0.2, 0.25) is 6.79 Å². The van der Waals surface area contributed by atoms with Gasteiger partial charge in [-0.05, 0) is 19.9 Å². The molecule has 0 saturated carbocycles. The summed E-state index contributed by atoms with van der Waals surface area (Å²) in [7, 11) is 1.33. The molecule has 0 fully saturated rings. The lowest BCUT2D eigenvalue weighted by Crippen LogP contribution is -2.54. The van der Waals surface area contributed by atoms with Gasteiger partial charge < -0.3 is 24.7 Å². The second-order valence-corrected chi connectivity index (χ2v) is 5.70. The molecule has 0 radical (unpaired) electrons. The molecule has 2 N–H and O–H groups in total. The molecule has 108 valence electrons. The van der Waals surface area contributed by atoms with Gasteiger partial charge in [-0.15, -0.1) is 0 Å². The molecule has 0 aliphatic carbocycles. The van der Waals surface area contributed by atoms with E-state index >= 15 is 0 Å². The highest BCUT2D eigenvalue weighted by atomic mass is 16.7. The van der Waals surface area contributed by atoms with Crippen molar-refractivity contribution in [2.24, 2.45) is 5.73 Å². The highest BCUT2D eigenvalue weighted by molar-refractivity contribution is 5.84. The van der Waals surface area contributed by atoms with E-state index in [4.69, 9.17) is 24.7 Å². The van der Waals surface area contributed by atoms with Crippen LogP contribution in [0.5, 0.6) is 17.2 Å². The molecule has 1 aromatic rings. The SMILES string of the molecule is COC(=O)C1(N)CC(C)(C)Oc2cc3c(cc21)OCO3. The smallest absolute Gasteiger partial charge is 0.330 e. The molecule has 0 saturated heterocycles. The first-order valence-electron chi connectivity index (χ1n) is 6.36. The Morgan fingerprint density at radius 1 is 1.25 bits per heavy atom. The fourth-order valence-corrected chi connectivity index (χ4v) is 2.82. The number of nitrogens with two attached hydrogens (primary N) is 1. The number of fused-ring (bicyclic) bond motifs is 2. The third kappa shape index (κ3) is 1.79.